The van der Waals surface area contributed by atoms with Crippen LogP contribution in [0, 0.1) is 17.2 Å². The standard InChI is InChI=1S/C17H20ClN3O4S/c18-16-7-15(4-3-12(16)8-19)26(24,25)20-13-5-14(6-13)21(10-17(22)23)9-11-1-2-11/h3-4,7,11,13-14,20H,1-2,5-6,9-10H2,(H,22,23). The van der Waals surface area contributed by atoms with Gasteiger partial charge in [-0.3, -0.25) is 9.69 Å². The zero-order chi connectivity index (χ0) is 18.9. The zero-order valence-electron chi connectivity index (χ0n) is 14.1. The average molecular weight is 398 g/mol. The Hall–Kier alpha value is -1.66. The summed E-state index contributed by atoms with van der Waals surface area (Å²) in [6.45, 7) is 0.757. The topological polar surface area (TPSA) is 110 Å². The van der Waals surface area contributed by atoms with E-state index in [0.29, 0.717) is 18.8 Å². The molecule has 3 rings (SSSR count). The maximum atomic E-state index is 12.5. The minimum Gasteiger partial charge on any atom is -0.480 e. The summed E-state index contributed by atoms with van der Waals surface area (Å²) in [5.74, 6) is -0.284. The molecule has 26 heavy (non-hydrogen) atoms. The van der Waals surface area contributed by atoms with Crippen molar-refractivity contribution in [2.45, 2.75) is 42.7 Å². The first kappa shape index (κ1) is 19.1. The van der Waals surface area contributed by atoms with Gasteiger partial charge in [-0.25, -0.2) is 13.1 Å². The number of hydrogen-bond donors (Lipinski definition) is 2. The fourth-order valence-corrected chi connectivity index (χ4v) is 4.75. The van der Waals surface area contributed by atoms with E-state index in [0.717, 1.165) is 19.4 Å². The Bertz CT molecular complexity index is 842. The van der Waals surface area contributed by atoms with Crippen LogP contribution in [0.2, 0.25) is 5.02 Å². The maximum Gasteiger partial charge on any atom is 0.317 e. The molecule has 0 aromatic heterocycles. The summed E-state index contributed by atoms with van der Waals surface area (Å²) in [4.78, 5) is 13.0. The van der Waals surface area contributed by atoms with Crippen LogP contribution < -0.4 is 4.72 Å². The van der Waals surface area contributed by atoms with Crippen LogP contribution in [0.3, 0.4) is 0 Å². The van der Waals surface area contributed by atoms with Crippen molar-refractivity contribution >= 4 is 27.6 Å². The summed E-state index contributed by atoms with van der Waals surface area (Å²) in [5, 5.41) is 18.0. The largest absolute Gasteiger partial charge is 0.480 e. The monoisotopic (exact) mass is 397 g/mol. The lowest BCUT2D eigenvalue weighted by Gasteiger charge is -2.42. The van der Waals surface area contributed by atoms with Crippen molar-refractivity contribution in [3.63, 3.8) is 0 Å². The van der Waals surface area contributed by atoms with Gasteiger partial charge in [0.25, 0.3) is 0 Å². The Labute approximate surface area is 157 Å². The highest BCUT2D eigenvalue weighted by Gasteiger charge is 2.38. The van der Waals surface area contributed by atoms with Crippen molar-refractivity contribution in [1.29, 1.82) is 5.26 Å². The fourth-order valence-electron chi connectivity index (χ4n) is 3.17. The van der Waals surface area contributed by atoms with Crippen LogP contribution in [-0.4, -0.2) is 49.6 Å². The number of halogens is 1. The number of nitrogens with one attached hydrogen (secondary N) is 1. The highest BCUT2D eigenvalue weighted by Crippen LogP contribution is 2.34. The number of carboxylic acids is 1. The first-order chi connectivity index (χ1) is 12.3. The van der Waals surface area contributed by atoms with Gasteiger partial charge in [-0.15, -0.1) is 0 Å². The maximum absolute atomic E-state index is 12.5. The van der Waals surface area contributed by atoms with Crippen LogP contribution in [0.4, 0.5) is 0 Å². The van der Waals surface area contributed by atoms with E-state index in [-0.39, 0.29) is 34.1 Å². The summed E-state index contributed by atoms with van der Waals surface area (Å²) < 4.78 is 27.6. The molecule has 0 bridgehead atoms. The summed E-state index contributed by atoms with van der Waals surface area (Å²) in [7, 11) is -3.73. The SMILES string of the molecule is N#Cc1ccc(S(=O)(=O)NC2CC(N(CC(=O)O)CC3CC3)C2)cc1Cl. The third kappa shape index (κ3) is 4.54. The minimum atomic E-state index is -3.73. The summed E-state index contributed by atoms with van der Waals surface area (Å²) in [5.41, 5.74) is 0.221. The van der Waals surface area contributed by atoms with E-state index >= 15 is 0 Å². The Morgan fingerprint density at radius 2 is 2.08 bits per heavy atom. The van der Waals surface area contributed by atoms with Crippen LogP contribution in [0.1, 0.15) is 31.2 Å². The number of sulfonamides is 1. The molecule has 0 atom stereocenters. The number of nitrogens with zero attached hydrogens (tertiary/aromatic N) is 2. The molecule has 0 radical (unpaired) electrons. The Morgan fingerprint density at radius 1 is 1.38 bits per heavy atom. The molecule has 0 amide bonds. The summed E-state index contributed by atoms with van der Waals surface area (Å²) in [6.07, 6.45) is 3.45. The van der Waals surface area contributed by atoms with Crippen LogP contribution in [0.25, 0.3) is 0 Å². The van der Waals surface area contributed by atoms with Gasteiger partial charge in [0, 0.05) is 18.6 Å². The lowest BCUT2D eigenvalue weighted by molar-refractivity contribution is -0.139. The molecule has 1 aromatic carbocycles. The molecule has 0 spiro atoms. The third-order valence-electron chi connectivity index (χ3n) is 4.85. The van der Waals surface area contributed by atoms with Gasteiger partial charge in [0.1, 0.15) is 6.07 Å². The van der Waals surface area contributed by atoms with E-state index < -0.39 is 16.0 Å². The molecule has 140 valence electrons. The smallest absolute Gasteiger partial charge is 0.317 e. The van der Waals surface area contributed by atoms with Crippen molar-refractivity contribution in [1.82, 2.24) is 9.62 Å². The van der Waals surface area contributed by atoms with Gasteiger partial charge >= 0.3 is 5.97 Å². The molecule has 7 nitrogen and oxygen atoms in total. The molecule has 2 fully saturated rings. The Kier molecular flexibility index (Phi) is 5.53. The normalized spacial score (nSPS) is 22.7. The number of carboxylic acid groups (broad SMARTS) is 1. The molecule has 2 aliphatic rings. The van der Waals surface area contributed by atoms with Gasteiger partial charge in [0.15, 0.2) is 0 Å². The summed E-state index contributed by atoms with van der Waals surface area (Å²) >= 11 is 5.91. The van der Waals surface area contributed by atoms with Crippen molar-refractivity contribution < 1.29 is 18.3 Å². The second kappa shape index (κ2) is 7.53. The first-order valence-corrected chi connectivity index (χ1v) is 10.3. The first-order valence-electron chi connectivity index (χ1n) is 8.46. The van der Waals surface area contributed by atoms with Gasteiger partial charge in [0.05, 0.1) is 22.0 Å². The zero-order valence-corrected chi connectivity index (χ0v) is 15.6. The van der Waals surface area contributed by atoms with Gasteiger partial charge in [-0.05, 0) is 49.8 Å². The average Bonchev–Trinajstić information content (AvgIpc) is 3.33. The Morgan fingerprint density at radius 3 is 2.62 bits per heavy atom. The molecule has 0 heterocycles. The van der Waals surface area contributed by atoms with Gasteiger partial charge in [0.2, 0.25) is 10.0 Å². The second-order valence-corrected chi connectivity index (χ2v) is 9.08. The lowest BCUT2D eigenvalue weighted by atomic mass is 9.86. The van der Waals surface area contributed by atoms with E-state index in [1.54, 1.807) is 0 Å². The van der Waals surface area contributed by atoms with E-state index in [9.17, 15) is 13.2 Å². The quantitative estimate of drug-likeness (QED) is 0.692. The van der Waals surface area contributed by atoms with Gasteiger partial charge in [-0.1, -0.05) is 11.6 Å². The van der Waals surface area contributed by atoms with Gasteiger partial charge in [-0.2, -0.15) is 5.26 Å². The van der Waals surface area contributed by atoms with Crippen LogP contribution in [-0.2, 0) is 14.8 Å². The molecule has 0 saturated heterocycles. The molecular weight excluding hydrogens is 378 g/mol. The fraction of sp³-hybridized carbons (Fsp3) is 0.529. The number of aliphatic carboxylic acids is 1. The van der Waals surface area contributed by atoms with Crippen molar-refractivity contribution in [3.8, 4) is 6.07 Å². The van der Waals surface area contributed by atoms with Crippen LogP contribution in [0.5, 0.6) is 0 Å². The van der Waals surface area contributed by atoms with Crippen molar-refractivity contribution in [2.24, 2.45) is 5.92 Å². The third-order valence-corrected chi connectivity index (χ3v) is 6.68. The molecule has 2 N–H and O–H groups in total. The second-order valence-electron chi connectivity index (χ2n) is 6.96. The number of rotatable bonds is 8. The molecule has 1 aromatic rings. The minimum absolute atomic E-state index is 0.00807. The number of benzene rings is 1. The number of carbonyl (C=O) groups is 1. The van der Waals surface area contributed by atoms with E-state index in [1.807, 2.05) is 11.0 Å². The van der Waals surface area contributed by atoms with Crippen LogP contribution >= 0.6 is 11.6 Å². The molecule has 0 unspecified atom stereocenters. The molecule has 2 saturated carbocycles. The molecular formula is C17H20ClN3O4S. The molecule has 9 heteroatoms. The lowest BCUT2D eigenvalue weighted by Crippen LogP contribution is -2.55. The predicted octanol–water partition coefficient (Wildman–Crippen LogP) is 1.82. The van der Waals surface area contributed by atoms with E-state index in [2.05, 4.69) is 4.72 Å². The predicted molar refractivity (Wildman–Crippen MR) is 95.2 cm³/mol. The highest BCUT2D eigenvalue weighted by molar-refractivity contribution is 7.89. The van der Waals surface area contributed by atoms with E-state index in [1.165, 1.54) is 18.2 Å². The Balaban J connectivity index is 1.59. The number of hydrogen-bond acceptors (Lipinski definition) is 5. The van der Waals surface area contributed by atoms with Gasteiger partial charge < -0.3 is 5.11 Å². The number of nitriles is 1. The highest BCUT2D eigenvalue weighted by atomic mass is 35.5. The molecule has 0 aliphatic heterocycles. The van der Waals surface area contributed by atoms with Crippen molar-refractivity contribution in [3.05, 3.63) is 28.8 Å². The van der Waals surface area contributed by atoms with Crippen molar-refractivity contribution in [2.75, 3.05) is 13.1 Å². The van der Waals surface area contributed by atoms with Crippen LogP contribution in [0.15, 0.2) is 23.1 Å². The summed E-state index contributed by atoms with van der Waals surface area (Å²) in [6, 6.07) is 5.75. The van der Waals surface area contributed by atoms with E-state index in [4.69, 9.17) is 22.0 Å². The molecule has 2 aliphatic carbocycles.